The Balaban J connectivity index is 2.05. The molecule has 0 saturated heterocycles. The summed E-state index contributed by atoms with van der Waals surface area (Å²) in [5.74, 6) is -0.496. The summed E-state index contributed by atoms with van der Waals surface area (Å²) in [7, 11) is 0. The molecule has 0 saturated carbocycles. The summed E-state index contributed by atoms with van der Waals surface area (Å²) in [5, 5.41) is 14.5. The maximum Gasteiger partial charge on any atom is 0.271 e. The third-order valence-corrected chi connectivity index (χ3v) is 2.89. The van der Waals surface area contributed by atoms with Crippen LogP contribution in [-0.2, 0) is 6.54 Å². The highest BCUT2D eigenvalue weighted by Crippen LogP contribution is 2.12. The molecule has 21 heavy (non-hydrogen) atoms. The fourth-order valence-corrected chi connectivity index (χ4v) is 1.81. The second-order valence-corrected chi connectivity index (χ2v) is 4.23. The smallest absolute Gasteiger partial charge is 0.271 e. The first-order valence-electron chi connectivity index (χ1n) is 6.35. The standard InChI is InChI=1S/C14H14N4O3/c1-2-17-8-4-7-13(17)10-15-16-14(19)11-5-3-6-12(9-11)18(20)21/h3-10H,2H2,1H3,(H,16,19)/b15-10-. The second-order valence-electron chi connectivity index (χ2n) is 4.23. The van der Waals surface area contributed by atoms with E-state index >= 15 is 0 Å². The van der Waals surface area contributed by atoms with Crippen molar-refractivity contribution >= 4 is 17.8 Å². The van der Waals surface area contributed by atoms with Crippen LogP contribution in [-0.4, -0.2) is 21.6 Å². The molecular weight excluding hydrogens is 272 g/mol. The van der Waals surface area contributed by atoms with Crippen LogP contribution in [0.3, 0.4) is 0 Å². The number of nitro benzene ring substituents is 1. The van der Waals surface area contributed by atoms with E-state index in [-0.39, 0.29) is 11.3 Å². The van der Waals surface area contributed by atoms with Gasteiger partial charge in [0.2, 0.25) is 0 Å². The molecule has 108 valence electrons. The number of aryl methyl sites for hydroxylation is 1. The van der Waals surface area contributed by atoms with E-state index < -0.39 is 10.8 Å². The molecule has 0 atom stereocenters. The number of nitrogens with one attached hydrogen (secondary N) is 1. The molecule has 2 aromatic rings. The van der Waals surface area contributed by atoms with Gasteiger partial charge >= 0.3 is 0 Å². The summed E-state index contributed by atoms with van der Waals surface area (Å²) < 4.78 is 1.96. The van der Waals surface area contributed by atoms with Crippen LogP contribution in [0.15, 0.2) is 47.7 Å². The minimum Gasteiger partial charge on any atom is -0.347 e. The van der Waals surface area contributed by atoms with Crippen LogP contribution in [0.4, 0.5) is 5.69 Å². The molecule has 0 spiro atoms. The highest BCUT2D eigenvalue weighted by atomic mass is 16.6. The maximum absolute atomic E-state index is 11.8. The number of hydrazone groups is 1. The topological polar surface area (TPSA) is 89.5 Å². The monoisotopic (exact) mass is 286 g/mol. The number of hydrogen-bond acceptors (Lipinski definition) is 4. The van der Waals surface area contributed by atoms with Crippen molar-refractivity contribution in [1.82, 2.24) is 9.99 Å². The Kier molecular flexibility index (Phi) is 4.45. The molecule has 2 rings (SSSR count). The van der Waals surface area contributed by atoms with Gasteiger partial charge in [-0.15, -0.1) is 0 Å². The first kappa shape index (κ1) is 14.4. The molecule has 1 amide bonds. The summed E-state index contributed by atoms with van der Waals surface area (Å²) >= 11 is 0. The van der Waals surface area contributed by atoms with E-state index in [2.05, 4.69) is 10.5 Å². The number of carbonyl (C=O) groups excluding carboxylic acids is 1. The zero-order chi connectivity index (χ0) is 15.2. The zero-order valence-electron chi connectivity index (χ0n) is 11.4. The van der Waals surface area contributed by atoms with Crippen molar-refractivity contribution in [3.05, 3.63) is 64.0 Å². The summed E-state index contributed by atoms with van der Waals surface area (Å²) in [6.45, 7) is 2.80. The molecule has 1 heterocycles. The minimum atomic E-state index is -0.547. The number of hydrogen-bond donors (Lipinski definition) is 1. The molecule has 0 unspecified atom stereocenters. The zero-order valence-corrected chi connectivity index (χ0v) is 11.4. The predicted molar refractivity (Wildman–Crippen MR) is 78.3 cm³/mol. The Morgan fingerprint density at radius 3 is 2.95 bits per heavy atom. The highest BCUT2D eigenvalue weighted by Gasteiger charge is 2.10. The van der Waals surface area contributed by atoms with Gasteiger partial charge in [0.15, 0.2) is 0 Å². The van der Waals surface area contributed by atoms with Crippen LogP contribution in [0.2, 0.25) is 0 Å². The molecule has 0 aliphatic heterocycles. The van der Waals surface area contributed by atoms with Gasteiger partial charge in [0.1, 0.15) is 0 Å². The third-order valence-electron chi connectivity index (χ3n) is 2.89. The lowest BCUT2D eigenvalue weighted by Crippen LogP contribution is -2.18. The number of benzene rings is 1. The normalized spacial score (nSPS) is 10.7. The number of rotatable bonds is 5. The van der Waals surface area contributed by atoms with Gasteiger partial charge in [-0.3, -0.25) is 14.9 Å². The molecule has 7 nitrogen and oxygen atoms in total. The summed E-state index contributed by atoms with van der Waals surface area (Å²) in [5.41, 5.74) is 3.26. The average Bonchev–Trinajstić information content (AvgIpc) is 2.94. The lowest BCUT2D eigenvalue weighted by Gasteiger charge is -2.01. The molecule has 0 aliphatic rings. The van der Waals surface area contributed by atoms with E-state index in [1.54, 1.807) is 0 Å². The van der Waals surface area contributed by atoms with E-state index in [0.29, 0.717) is 0 Å². The average molecular weight is 286 g/mol. The molecule has 1 aromatic carbocycles. The van der Waals surface area contributed by atoms with Crippen LogP contribution >= 0.6 is 0 Å². The lowest BCUT2D eigenvalue weighted by atomic mass is 10.2. The quantitative estimate of drug-likeness (QED) is 0.519. The molecule has 0 radical (unpaired) electrons. The maximum atomic E-state index is 11.8. The summed E-state index contributed by atoms with van der Waals surface area (Å²) in [4.78, 5) is 22.0. The minimum absolute atomic E-state index is 0.133. The largest absolute Gasteiger partial charge is 0.347 e. The van der Waals surface area contributed by atoms with Gasteiger partial charge in [-0.1, -0.05) is 6.07 Å². The Bertz CT molecular complexity index is 691. The number of nitrogens with zero attached hydrogens (tertiary/aromatic N) is 3. The van der Waals surface area contributed by atoms with Gasteiger partial charge < -0.3 is 4.57 Å². The predicted octanol–water partition coefficient (Wildman–Crippen LogP) is 2.18. The molecule has 0 fully saturated rings. The van der Waals surface area contributed by atoms with E-state index in [1.807, 2.05) is 29.8 Å². The Morgan fingerprint density at radius 2 is 2.24 bits per heavy atom. The van der Waals surface area contributed by atoms with Gasteiger partial charge in [0.05, 0.1) is 16.8 Å². The Morgan fingerprint density at radius 1 is 1.43 bits per heavy atom. The SMILES string of the molecule is CCn1cccc1/C=N\NC(=O)c1cccc([N+](=O)[O-])c1. The number of nitro groups is 1. The van der Waals surface area contributed by atoms with Crippen molar-refractivity contribution in [1.29, 1.82) is 0 Å². The van der Waals surface area contributed by atoms with Crippen molar-refractivity contribution in [2.24, 2.45) is 5.10 Å². The summed E-state index contributed by atoms with van der Waals surface area (Å²) in [6, 6.07) is 9.24. The van der Waals surface area contributed by atoms with Gasteiger partial charge in [-0.25, -0.2) is 5.43 Å². The van der Waals surface area contributed by atoms with Crippen LogP contribution in [0, 0.1) is 10.1 Å². The Hall–Kier alpha value is -2.96. The number of non-ortho nitro benzene ring substituents is 1. The third kappa shape index (κ3) is 3.53. The van der Waals surface area contributed by atoms with Crippen molar-refractivity contribution in [3.63, 3.8) is 0 Å². The first-order valence-corrected chi connectivity index (χ1v) is 6.35. The van der Waals surface area contributed by atoms with E-state index in [9.17, 15) is 14.9 Å². The van der Waals surface area contributed by atoms with Crippen LogP contribution in [0.25, 0.3) is 0 Å². The van der Waals surface area contributed by atoms with Gasteiger partial charge in [0, 0.05) is 30.4 Å². The van der Waals surface area contributed by atoms with E-state index in [4.69, 9.17) is 0 Å². The Labute approximate surface area is 121 Å². The van der Waals surface area contributed by atoms with Crippen molar-refractivity contribution < 1.29 is 9.72 Å². The molecular formula is C14H14N4O3. The van der Waals surface area contributed by atoms with Crippen molar-refractivity contribution in [2.75, 3.05) is 0 Å². The van der Waals surface area contributed by atoms with E-state index in [1.165, 1.54) is 30.5 Å². The molecule has 0 aliphatic carbocycles. The van der Waals surface area contributed by atoms with Gasteiger partial charge in [-0.05, 0) is 25.1 Å². The van der Waals surface area contributed by atoms with Crippen LogP contribution in [0.5, 0.6) is 0 Å². The van der Waals surface area contributed by atoms with Crippen molar-refractivity contribution in [3.8, 4) is 0 Å². The van der Waals surface area contributed by atoms with E-state index in [0.717, 1.165) is 12.2 Å². The number of amides is 1. The first-order chi connectivity index (χ1) is 10.1. The fraction of sp³-hybridized carbons (Fsp3) is 0.143. The highest BCUT2D eigenvalue weighted by molar-refractivity contribution is 5.95. The van der Waals surface area contributed by atoms with Gasteiger partial charge in [0.25, 0.3) is 11.6 Å². The lowest BCUT2D eigenvalue weighted by molar-refractivity contribution is -0.384. The number of carbonyl (C=O) groups is 1. The van der Waals surface area contributed by atoms with Crippen molar-refractivity contribution in [2.45, 2.75) is 13.5 Å². The second kappa shape index (κ2) is 6.47. The molecule has 7 heteroatoms. The van der Waals surface area contributed by atoms with Gasteiger partial charge in [-0.2, -0.15) is 5.10 Å². The summed E-state index contributed by atoms with van der Waals surface area (Å²) in [6.07, 6.45) is 3.43. The fourth-order valence-electron chi connectivity index (χ4n) is 1.81. The molecule has 1 aromatic heterocycles. The molecule has 0 bridgehead atoms. The number of aromatic nitrogens is 1. The van der Waals surface area contributed by atoms with Crippen LogP contribution < -0.4 is 5.43 Å². The molecule has 1 N–H and O–H groups in total. The van der Waals surface area contributed by atoms with Crippen LogP contribution in [0.1, 0.15) is 23.0 Å².